The Morgan fingerprint density at radius 3 is 1.87 bits per heavy atom. The number of nitrogens with zero attached hydrogens (tertiary/aromatic N) is 5. The van der Waals surface area contributed by atoms with E-state index >= 15 is 0 Å². The molecule has 5 heteroatoms. The molecule has 2 aliphatic heterocycles. The Morgan fingerprint density at radius 2 is 1.22 bits per heavy atom. The molecular formula is C18H23N5. The van der Waals surface area contributed by atoms with Crippen LogP contribution in [0.1, 0.15) is 12.8 Å². The Kier molecular flexibility index (Phi) is 4.01. The van der Waals surface area contributed by atoms with Gasteiger partial charge in [0.1, 0.15) is 18.0 Å². The molecule has 1 aromatic carbocycles. The monoisotopic (exact) mass is 309 g/mol. The predicted molar refractivity (Wildman–Crippen MR) is 94.3 cm³/mol. The van der Waals surface area contributed by atoms with Gasteiger partial charge in [-0.05, 0) is 25.0 Å². The van der Waals surface area contributed by atoms with Crippen molar-refractivity contribution in [2.75, 3.05) is 54.0 Å². The molecule has 2 aliphatic rings. The van der Waals surface area contributed by atoms with Gasteiger partial charge in [0, 0.05) is 51.0 Å². The van der Waals surface area contributed by atoms with E-state index in [4.69, 9.17) is 0 Å². The van der Waals surface area contributed by atoms with Crippen LogP contribution in [0.15, 0.2) is 42.7 Å². The molecule has 0 aliphatic carbocycles. The topological polar surface area (TPSA) is 35.5 Å². The Labute approximate surface area is 137 Å². The van der Waals surface area contributed by atoms with E-state index in [1.165, 1.54) is 18.5 Å². The van der Waals surface area contributed by atoms with E-state index in [1.54, 1.807) is 6.33 Å². The molecule has 0 bridgehead atoms. The van der Waals surface area contributed by atoms with E-state index < -0.39 is 0 Å². The number of hydrogen-bond donors (Lipinski definition) is 0. The number of anilines is 3. The van der Waals surface area contributed by atoms with Crippen molar-refractivity contribution in [2.24, 2.45) is 0 Å². The van der Waals surface area contributed by atoms with Gasteiger partial charge in [0.25, 0.3) is 0 Å². The molecule has 2 saturated heterocycles. The zero-order chi connectivity index (χ0) is 15.5. The summed E-state index contributed by atoms with van der Waals surface area (Å²) in [6.07, 6.45) is 4.26. The lowest BCUT2D eigenvalue weighted by Gasteiger charge is -2.36. The number of rotatable bonds is 3. The van der Waals surface area contributed by atoms with Crippen LogP contribution >= 0.6 is 0 Å². The zero-order valence-corrected chi connectivity index (χ0v) is 13.4. The maximum absolute atomic E-state index is 4.50. The molecule has 0 amide bonds. The summed E-state index contributed by atoms with van der Waals surface area (Å²) in [6.45, 7) is 6.33. The van der Waals surface area contributed by atoms with E-state index in [0.717, 1.165) is 50.9 Å². The van der Waals surface area contributed by atoms with Gasteiger partial charge in [0.05, 0.1) is 0 Å². The number of aromatic nitrogens is 2. The summed E-state index contributed by atoms with van der Waals surface area (Å²) in [5.41, 5.74) is 1.31. The molecule has 23 heavy (non-hydrogen) atoms. The molecule has 1 aromatic heterocycles. The molecule has 2 fully saturated rings. The number of benzene rings is 1. The van der Waals surface area contributed by atoms with Crippen molar-refractivity contribution in [3.63, 3.8) is 0 Å². The third-order valence-electron chi connectivity index (χ3n) is 4.79. The minimum absolute atomic E-state index is 1.01. The SMILES string of the molecule is c1ccc(N2CCN(c3cc(N4CCCC4)ncn3)CC2)cc1. The summed E-state index contributed by atoms with van der Waals surface area (Å²) in [5.74, 6) is 2.15. The first-order valence-corrected chi connectivity index (χ1v) is 8.52. The van der Waals surface area contributed by atoms with Gasteiger partial charge >= 0.3 is 0 Å². The summed E-state index contributed by atoms with van der Waals surface area (Å²) in [7, 11) is 0. The summed E-state index contributed by atoms with van der Waals surface area (Å²) in [5, 5.41) is 0. The second kappa shape index (κ2) is 6.44. The molecule has 0 N–H and O–H groups in total. The van der Waals surface area contributed by atoms with Crippen LogP contribution in [0.2, 0.25) is 0 Å². The largest absolute Gasteiger partial charge is 0.368 e. The maximum Gasteiger partial charge on any atom is 0.134 e. The average Bonchev–Trinajstić information content (AvgIpc) is 3.18. The van der Waals surface area contributed by atoms with Crippen molar-refractivity contribution in [3.8, 4) is 0 Å². The molecule has 2 aromatic rings. The van der Waals surface area contributed by atoms with Crippen LogP contribution in [-0.2, 0) is 0 Å². The highest BCUT2D eigenvalue weighted by molar-refractivity contribution is 5.53. The molecule has 3 heterocycles. The highest BCUT2D eigenvalue weighted by atomic mass is 15.3. The van der Waals surface area contributed by atoms with Crippen LogP contribution in [0.4, 0.5) is 17.3 Å². The lowest BCUT2D eigenvalue weighted by Crippen LogP contribution is -2.46. The van der Waals surface area contributed by atoms with Crippen molar-refractivity contribution in [3.05, 3.63) is 42.7 Å². The first kappa shape index (κ1) is 14.3. The van der Waals surface area contributed by atoms with Crippen LogP contribution < -0.4 is 14.7 Å². The molecule has 0 unspecified atom stereocenters. The normalized spacial score (nSPS) is 18.5. The molecule has 5 nitrogen and oxygen atoms in total. The first-order valence-electron chi connectivity index (χ1n) is 8.52. The Bertz CT molecular complexity index is 631. The molecule has 0 radical (unpaired) electrons. The number of para-hydroxylation sites is 1. The minimum atomic E-state index is 1.01. The van der Waals surface area contributed by atoms with Gasteiger partial charge in [-0.25, -0.2) is 9.97 Å². The van der Waals surface area contributed by atoms with Crippen molar-refractivity contribution >= 4 is 17.3 Å². The average molecular weight is 309 g/mol. The highest BCUT2D eigenvalue weighted by Crippen LogP contribution is 2.23. The standard InChI is InChI=1S/C18H23N5/c1-2-6-16(7-3-1)21-10-12-23(13-11-21)18-14-17(19-15-20-18)22-8-4-5-9-22/h1-3,6-7,14-15H,4-5,8-13H2. The van der Waals surface area contributed by atoms with E-state index in [0.29, 0.717) is 0 Å². The van der Waals surface area contributed by atoms with Crippen LogP contribution in [-0.4, -0.2) is 49.2 Å². The summed E-state index contributed by atoms with van der Waals surface area (Å²) in [4.78, 5) is 16.1. The van der Waals surface area contributed by atoms with Crippen LogP contribution in [0, 0.1) is 0 Å². The fourth-order valence-electron chi connectivity index (χ4n) is 3.46. The maximum atomic E-state index is 4.50. The Hall–Kier alpha value is -2.30. The molecule has 0 saturated carbocycles. The van der Waals surface area contributed by atoms with Crippen LogP contribution in [0.3, 0.4) is 0 Å². The third-order valence-corrected chi connectivity index (χ3v) is 4.79. The summed E-state index contributed by atoms with van der Waals surface area (Å²) in [6, 6.07) is 12.8. The first-order chi connectivity index (χ1) is 11.4. The van der Waals surface area contributed by atoms with Crippen LogP contribution in [0.5, 0.6) is 0 Å². The van der Waals surface area contributed by atoms with Crippen molar-refractivity contribution < 1.29 is 0 Å². The lowest BCUT2D eigenvalue weighted by atomic mass is 10.2. The second-order valence-electron chi connectivity index (χ2n) is 6.24. The quantitative estimate of drug-likeness (QED) is 0.870. The molecular weight excluding hydrogens is 286 g/mol. The minimum Gasteiger partial charge on any atom is -0.368 e. The van der Waals surface area contributed by atoms with E-state index in [2.05, 4.69) is 61.1 Å². The second-order valence-corrected chi connectivity index (χ2v) is 6.24. The smallest absolute Gasteiger partial charge is 0.134 e. The lowest BCUT2D eigenvalue weighted by molar-refractivity contribution is 0.646. The number of hydrogen-bond acceptors (Lipinski definition) is 5. The van der Waals surface area contributed by atoms with Crippen LogP contribution in [0.25, 0.3) is 0 Å². The Balaban J connectivity index is 1.43. The zero-order valence-electron chi connectivity index (χ0n) is 13.4. The summed E-state index contributed by atoms with van der Waals surface area (Å²) >= 11 is 0. The van der Waals surface area contributed by atoms with Gasteiger partial charge in [-0.3, -0.25) is 0 Å². The van der Waals surface area contributed by atoms with Gasteiger partial charge in [-0.15, -0.1) is 0 Å². The van der Waals surface area contributed by atoms with E-state index in [9.17, 15) is 0 Å². The van der Waals surface area contributed by atoms with E-state index in [-0.39, 0.29) is 0 Å². The Morgan fingerprint density at radius 1 is 0.652 bits per heavy atom. The van der Waals surface area contributed by atoms with Gasteiger partial charge < -0.3 is 14.7 Å². The summed E-state index contributed by atoms with van der Waals surface area (Å²) < 4.78 is 0. The fraction of sp³-hybridized carbons (Fsp3) is 0.444. The molecule has 4 rings (SSSR count). The van der Waals surface area contributed by atoms with E-state index in [1.807, 2.05) is 0 Å². The van der Waals surface area contributed by atoms with Crippen molar-refractivity contribution in [1.82, 2.24) is 9.97 Å². The fourth-order valence-corrected chi connectivity index (χ4v) is 3.46. The number of piperazine rings is 1. The highest BCUT2D eigenvalue weighted by Gasteiger charge is 2.20. The molecule has 0 atom stereocenters. The van der Waals surface area contributed by atoms with Crippen molar-refractivity contribution in [1.29, 1.82) is 0 Å². The van der Waals surface area contributed by atoms with Gasteiger partial charge in [0.15, 0.2) is 0 Å². The predicted octanol–water partition coefficient (Wildman–Crippen LogP) is 2.40. The molecule has 0 spiro atoms. The van der Waals surface area contributed by atoms with Gasteiger partial charge in [-0.1, -0.05) is 18.2 Å². The third kappa shape index (κ3) is 3.09. The van der Waals surface area contributed by atoms with Crippen molar-refractivity contribution in [2.45, 2.75) is 12.8 Å². The van der Waals surface area contributed by atoms with Gasteiger partial charge in [-0.2, -0.15) is 0 Å². The molecule has 120 valence electrons. The van der Waals surface area contributed by atoms with Gasteiger partial charge in [0.2, 0.25) is 0 Å².